The highest BCUT2D eigenvalue weighted by atomic mass is 35.5. The summed E-state index contributed by atoms with van der Waals surface area (Å²) in [6.07, 6.45) is 3.17. The van der Waals surface area contributed by atoms with Gasteiger partial charge in [-0.1, -0.05) is 30.3 Å². The van der Waals surface area contributed by atoms with Crippen LogP contribution in [0.25, 0.3) is 10.9 Å². The van der Waals surface area contributed by atoms with Crippen LogP contribution in [0.15, 0.2) is 53.3 Å². The zero-order chi connectivity index (χ0) is 17.8. The van der Waals surface area contributed by atoms with Gasteiger partial charge in [-0.15, -0.1) is 0 Å². The molecule has 3 aromatic rings. The zero-order valence-electron chi connectivity index (χ0n) is 14.1. The molecule has 6 nitrogen and oxygen atoms in total. The summed E-state index contributed by atoms with van der Waals surface area (Å²) < 4.78 is 3.43. The van der Waals surface area contributed by atoms with Crippen LogP contribution >= 0.6 is 11.6 Å². The number of nitrogens with one attached hydrogen (secondary N) is 1. The third-order valence-electron chi connectivity index (χ3n) is 3.96. The van der Waals surface area contributed by atoms with Gasteiger partial charge >= 0.3 is 0 Å². The first-order chi connectivity index (χ1) is 12.0. The number of hydrogen-bond acceptors (Lipinski definition) is 4. The zero-order valence-corrected chi connectivity index (χ0v) is 14.8. The van der Waals surface area contributed by atoms with E-state index in [1.165, 1.54) is 6.33 Å². The molecule has 0 atom stereocenters. The van der Waals surface area contributed by atoms with Crippen LogP contribution < -0.4 is 10.9 Å². The Hall–Kier alpha value is -2.44. The molecule has 1 N–H and O–H groups in total. The van der Waals surface area contributed by atoms with E-state index in [0.717, 1.165) is 16.5 Å². The van der Waals surface area contributed by atoms with Crippen LogP contribution in [0.5, 0.6) is 0 Å². The molecule has 0 aliphatic rings. The predicted octanol–water partition coefficient (Wildman–Crippen LogP) is 2.44. The van der Waals surface area contributed by atoms with Gasteiger partial charge in [-0.05, 0) is 30.0 Å². The monoisotopic (exact) mass is 357 g/mol. The van der Waals surface area contributed by atoms with E-state index in [-0.39, 0.29) is 5.56 Å². The van der Waals surface area contributed by atoms with E-state index >= 15 is 0 Å². The number of hydrogen-bond donors (Lipinski definition) is 1. The van der Waals surface area contributed by atoms with Crippen LogP contribution in [-0.4, -0.2) is 25.9 Å². The van der Waals surface area contributed by atoms with Crippen molar-refractivity contribution in [2.75, 3.05) is 6.54 Å². The standard InChI is InChI=1S/C18H20ClN5O/c1-13-3-4-15-8-16(9-20-5-6-23-12-21-11-22-23)18(25)24(10-14(2)19)17(15)7-13/h3-4,7-8,11-12,20H,2,5-6,9-10H2,1H3. The van der Waals surface area contributed by atoms with Crippen LogP contribution in [0.2, 0.25) is 0 Å². The van der Waals surface area contributed by atoms with Crippen molar-refractivity contribution < 1.29 is 0 Å². The van der Waals surface area contributed by atoms with Crippen molar-refractivity contribution in [2.45, 2.75) is 26.6 Å². The molecule has 0 aliphatic carbocycles. The Bertz CT molecular complexity index is 946. The number of halogens is 1. The number of pyridine rings is 1. The van der Waals surface area contributed by atoms with E-state index in [2.05, 4.69) is 22.0 Å². The van der Waals surface area contributed by atoms with Crippen LogP contribution in [0.3, 0.4) is 0 Å². The number of rotatable bonds is 7. The number of benzene rings is 1. The van der Waals surface area contributed by atoms with Crippen LogP contribution in [-0.2, 0) is 19.6 Å². The first kappa shape index (κ1) is 17.4. The topological polar surface area (TPSA) is 64.7 Å². The smallest absolute Gasteiger partial charge is 0.255 e. The number of aromatic nitrogens is 4. The van der Waals surface area contributed by atoms with Crippen molar-refractivity contribution in [3.63, 3.8) is 0 Å². The molecular weight excluding hydrogens is 338 g/mol. The summed E-state index contributed by atoms with van der Waals surface area (Å²) >= 11 is 5.98. The second-order valence-corrected chi connectivity index (χ2v) is 6.51. The van der Waals surface area contributed by atoms with Gasteiger partial charge in [0.15, 0.2) is 0 Å². The van der Waals surface area contributed by atoms with Crippen molar-refractivity contribution in [2.24, 2.45) is 0 Å². The minimum Gasteiger partial charge on any atom is -0.311 e. The number of fused-ring (bicyclic) bond motifs is 1. The summed E-state index contributed by atoms with van der Waals surface area (Å²) in [5.74, 6) is 0. The van der Waals surface area contributed by atoms with Crippen LogP contribution in [0, 0.1) is 6.92 Å². The van der Waals surface area contributed by atoms with Crippen molar-refractivity contribution in [3.05, 3.63) is 70.0 Å². The molecule has 1 aromatic carbocycles. The molecule has 7 heteroatoms. The molecule has 130 valence electrons. The molecular formula is C18H20ClN5O. The van der Waals surface area contributed by atoms with E-state index in [9.17, 15) is 4.79 Å². The molecule has 2 heterocycles. The van der Waals surface area contributed by atoms with Crippen LogP contribution in [0.1, 0.15) is 11.1 Å². The molecule has 0 radical (unpaired) electrons. The SMILES string of the molecule is C=C(Cl)Cn1c(=O)c(CNCCn2cncn2)cc2ccc(C)cc21. The fraction of sp³-hybridized carbons (Fsp3) is 0.278. The van der Waals surface area contributed by atoms with Gasteiger partial charge in [-0.3, -0.25) is 9.48 Å². The summed E-state index contributed by atoms with van der Waals surface area (Å²) in [7, 11) is 0. The maximum Gasteiger partial charge on any atom is 0.255 e. The van der Waals surface area contributed by atoms with Gasteiger partial charge in [-0.2, -0.15) is 5.10 Å². The molecule has 0 fully saturated rings. The lowest BCUT2D eigenvalue weighted by Gasteiger charge is -2.13. The van der Waals surface area contributed by atoms with Crippen molar-refractivity contribution in [1.29, 1.82) is 0 Å². The first-order valence-corrected chi connectivity index (χ1v) is 8.42. The Morgan fingerprint density at radius 3 is 2.92 bits per heavy atom. The lowest BCUT2D eigenvalue weighted by atomic mass is 10.1. The van der Waals surface area contributed by atoms with Gasteiger partial charge in [0.05, 0.1) is 18.6 Å². The molecule has 0 unspecified atom stereocenters. The third kappa shape index (κ3) is 4.15. The summed E-state index contributed by atoms with van der Waals surface area (Å²) in [5.41, 5.74) is 2.62. The largest absolute Gasteiger partial charge is 0.311 e. The molecule has 3 rings (SSSR count). The van der Waals surface area contributed by atoms with Gasteiger partial charge in [0.1, 0.15) is 12.7 Å². The van der Waals surface area contributed by atoms with Gasteiger partial charge in [0.25, 0.3) is 5.56 Å². The second-order valence-electron chi connectivity index (χ2n) is 5.98. The Kier molecular flexibility index (Phi) is 5.31. The molecule has 0 saturated carbocycles. The fourth-order valence-electron chi connectivity index (χ4n) is 2.76. The summed E-state index contributed by atoms with van der Waals surface area (Å²) in [6.45, 7) is 7.89. The molecule has 0 aliphatic heterocycles. The average molecular weight is 358 g/mol. The molecule has 25 heavy (non-hydrogen) atoms. The van der Waals surface area contributed by atoms with Crippen LogP contribution in [0.4, 0.5) is 0 Å². The van der Waals surface area contributed by atoms with E-state index in [0.29, 0.717) is 36.8 Å². The van der Waals surface area contributed by atoms with E-state index in [4.69, 9.17) is 11.6 Å². The molecule has 0 saturated heterocycles. The third-order valence-corrected chi connectivity index (χ3v) is 4.08. The number of allylic oxidation sites excluding steroid dienone is 1. The molecule has 2 aromatic heterocycles. The van der Waals surface area contributed by atoms with Crippen molar-refractivity contribution in [3.8, 4) is 0 Å². The van der Waals surface area contributed by atoms with Crippen molar-refractivity contribution >= 4 is 22.5 Å². The van der Waals surface area contributed by atoms with E-state index in [1.54, 1.807) is 15.6 Å². The minimum atomic E-state index is -0.0480. The average Bonchev–Trinajstić information content (AvgIpc) is 3.08. The predicted molar refractivity (Wildman–Crippen MR) is 99.7 cm³/mol. The highest BCUT2D eigenvalue weighted by Crippen LogP contribution is 2.17. The van der Waals surface area contributed by atoms with E-state index < -0.39 is 0 Å². The highest BCUT2D eigenvalue weighted by molar-refractivity contribution is 6.29. The quantitative estimate of drug-likeness (QED) is 0.660. The highest BCUT2D eigenvalue weighted by Gasteiger charge is 2.10. The minimum absolute atomic E-state index is 0.0480. The normalized spacial score (nSPS) is 11.1. The fourth-order valence-corrected chi connectivity index (χ4v) is 2.88. The van der Waals surface area contributed by atoms with Gasteiger partial charge in [0, 0.05) is 23.7 Å². The van der Waals surface area contributed by atoms with Gasteiger partial charge in [-0.25, -0.2) is 4.98 Å². The molecule has 0 bridgehead atoms. The lowest BCUT2D eigenvalue weighted by Crippen LogP contribution is -2.29. The maximum atomic E-state index is 12.8. The first-order valence-electron chi connectivity index (χ1n) is 8.04. The number of nitrogens with zero attached hydrogens (tertiary/aromatic N) is 4. The molecule has 0 amide bonds. The van der Waals surface area contributed by atoms with E-state index in [1.807, 2.05) is 31.2 Å². The Morgan fingerprint density at radius 2 is 2.20 bits per heavy atom. The summed E-state index contributed by atoms with van der Waals surface area (Å²) in [4.78, 5) is 16.8. The maximum absolute atomic E-state index is 12.8. The Morgan fingerprint density at radius 1 is 1.36 bits per heavy atom. The summed E-state index contributed by atoms with van der Waals surface area (Å²) in [5, 5.41) is 8.77. The second kappa shape index (κ2) is 7.63. The Balaban J connectivity index is 1.84. The number of aryl methyl sites for hydroxylation is 1. The van der Waals surface area contributed by atoms with Gasteiger partial charge in [0.2, 0.25) is 0 Å². The Labute approximate surface area is 150 Å². The van der Waals surface area contributed by atoms with Crippen molar-refractivity contribution in [1.82, 2.24) is 24.6 Å². The van der Waals surface area contributed by atoms with Gasteiger partial charge < -0.3 is 9.88 Å². The summed E-state index contributed by atoms with van der Waals surface area (Å²) in [6, 6.07) is 8.00. The lowest BCUT2D eigenvalue weighted by molar-refractivity contribution is 0.551. The molecule has 0 spiro atoms.